The molecule has 0 saturated heterocycles. The van der Waals surface area contributed by atoms with Crippen molar-refractivity contribution in [2.75, 3.05) is 12.8 Å². The summed E-state index contributed by atoms with van der Waals surface area (Å²) in [5.74, 6) is 1.32. The molecule has 0 amide bonds. The minimum absolute atomic E-state index is 0.683. The predicted molar refractivity (Wildman–Crippen MR) is 60.0 cm³/mol. The first kappa shape index (κ1) is 12.3. The first-order chi connectivity index (χ1) is 5.70. The zero-order valence-electron chi connectivity index (χ0n) is 8.89. The number of hydrogen-bond donors (Lipinski definition) is 1. The first-order valence-corrected chi connectivity index (χ1v) is 6.04. The Balaban J connectivity index is 3.10. The van der Waals surface area contributed by atoms with E-state index in [1.807, 2.05) is 7.05 Å². The van der Waals surface area contributed by atoms with E-state index in [1.54, 1.807) is 0 Å². The van der Waals surface area contributed by atoms with Gasteiger partial charge in [0.25, 0.3) is 0 Å². The van der Waals surface area contributed by atoms with Crippen molar-refractivity contribution in [3.8, 4) is 0 Å². The van der Waals surface area contributed by atoms with Gasteiger partial charge >= 0.3 is 0 Å². The van der Waals surface area contributed by atoms with Gasteiger partial charge in [-0.2, -0.15) is 11.8 Å². The van der Waals surface area contributed by atoms with E-state index in [4.69, 9.17) is 0 Å². The maximum absolute atomic E-state index is 3.26. The summed E-state index contributed by atoms with van der Waals surface area (Å²) in [6.07, 6.45) is 3.95. The average molecular weight is 189 g/mol. The number of nitrogens with one attached hydrogen (secondary N) is 1. The quantitative estimate of drug-likeness (QED) is 0.618. The minimum atomic E-state index is 0.683. The third kappa shape index (κ3) is 6.99. The molecule has 0 radical (unpaired) electrons. The first-order valence-electron chi connectivity index (χ1n) is 4.99. The van der Waals surface area contributed by atoms with Crippen LogP contribution in [0.5, 0.6) is 0 Å². The monoisotopic (exact) mass is 189 g/mol. The summed E-state index contributed by atoms with van der Waals surface area (Å²) in [5.41, 5.74) is 0. The number of rotatable bonds is 7. The third-order valence-electron chi connectivity index (χ3n) is 2.25. The second-order valence-electron chi connectivity index (χ2n) is 3.42. The van der Waals surface area contributed by atoms with Crippen LogP contribution in [0.15, 0.2) is 0 Å². The average Bonchev–Trinajstić information content (AvgIpc) is 2.11. The molecular formula is C10H23NS. The minimum Gasteiger partial charge on any atom is -0.317 e. The fourth-order valence-electron chi connectivity index (χ4n) is 0.936. The van der Waals surface area contributed by atoms with Crippen LogP contribution in [-0.4, -0.2) is 24.1 Å². The van der Waals surface area contributed by atoms with Gasteiger partial charge in [0.05, 0.1) is 0 Å². The van der Waals surface area contributed by atoms with E-state index in [1.165, 1.54) is 25.0 Å². The van der Waals surface area contributed by atoms with Gasteiger partial charge in [0, 0.05) is 11.3 Å². The van der Waals surface area contributed by atoms with Crippen molar-refractivity contribution in [2.24, 2.45) is 0 Å². The van der Waals surface area contributed by atoms with E-state index < -0.39 is 0 Å². The van der Waals surface area contributed by atoms with Crippen molar-refractivity contribution in [3.05, 3.63) is 0 Å². The highest BCUT2D eigenvalue weighted by atomic mass is 32.2. The molecule has 74 valence electrons. The maximum atomic E-state index is 3.26. The maximum Gasteiger partial charge on any atom is 0.00360 e. The molecule has 0 aliphatic heterocycles. The molecular weight excluding hydrogens is 166 g/mol. The third-order valence-corrected chi connectivity index (χ3v) is 3.68. The Morgan fingerprint density at radius 2 is 2.00 bits per heavy atom. The Labute approximate surface area is 81.7 Å². The van der Waals surface area contributed by atoms with Crippen LogP contribution in [0.3, 0.4) is 0 Å². The van der Waals surface area contributed by atoms with Crippen molar-refractivity contribution in [1.29, 1.82) is 0 Å². The van der Waals surface area contributed by atoms with Crippen molar-refractivity contribution >= 4 is 11.8 Å². The van der Waals surface area contributed by atoms with Crippen LogP contribution in [0.4, 0.5) is 0 Å². The van der Waals surface area contributed by atoms with Gasteiger partial charge in [-0.25, -0.2) is 0 Å². The largest absolute Gasteiger partial charge is 0.317 e. The highest BCUT2D eigenvalue weighted by molar-refractivity contribution is 7.99. The van der Waals surface area contributed by atoms with Gasteiger partial charge in [-0.1, -0.05) is 13.8 Å². The van der Waals surface area contributed by atoms with Gasteiger partial charge in [-0.3, -0.25) is 0 Å². The fourth-order valence-corrected chi connectivity index (χ4v) is 1.91. The lowest BCUT2D eigenvalue weighted by molar-refractivity contribution is 0.559. The van der Waals surface area contributed by atoms with E-state index in [0.717, 1.165) is 5.25 Å². The van der Waals surface area contributed by atoms with E-state index >= 15 is 0 Å². The molecule has 0 fully saturated rings. The molecule has 0 aromatic carbocycles. The van der Waals surface area contributed by atoms with Crippen molar-refractivity contribution in [1.82, 2.24) is 5.32 Å². The van der Waals surface area contributed by atoms with Gasteiger partial charge < -0.3 is 5.32 Å². The Morgan fingerprint density at radius 3 is 2.50 bits per heavy atom. The van der Waals surface area contributed by atoms with Gasteiger partial charge in [0.1, 0.15) is 0 Å². The summed E-state index contributed by atoms with van der Waals surface area (Å²) in [7, 11) is 2.03. The zero-order valence-corrected chi connectivity index (χ0v) is 9.71. The van der Waals surface area contributed by atoms with E-state index in [-0.39, 0.29) is 0 Å². The second kappa shape index (κ2) is 7.93. The molecule has 1 N–H and O–H groups in total. The molecule has 0 spiro atoms. The molecule has 0 bridgehead atoms. The highest BCUT2D eigenvalue weighted by Crippen LogP contribution is 2.15. The molecule has 2 heteroatoms. The summed E-state index contributed by atoms with van der Waals surface area (Å²) in [6.45, 7) is 6.81. The van der Waals surface area contributed by atoms with Gasteiger partial charge in [-0.15, -0.1) is 0 Å². The van der Waals surface area contributed by atoms with Crippen LogP contribution in [0.1, 0.15) is 40.0 Å². The van der Waals surface area contributed by atoms with Crippen LogP contribution < -0.4 is 5.32 Å². The smallest absolute Gasteiger partial charge is 0.00360 e. The fraction of sp³-hybridized carbons (Fsp3) is 1.00. The number of hydrogen-bond acceptors (Lipinski definition) is 2. The molecule has 0 aromatic rings. The summed E-state index contributed by atoms with van der Waals surface area (Å²) >= 11 is 2.10. The topological polar surface area (TPSA) is 12.0 Å². The number of thioether (sulfide) groups is 1. The van der Waals surface area contributed by atoms with Crippen molar-refractivity contribution < 1.29 is 0 Å². The molecule has 0 aliphatic rings. The second-order valence-corrected chi connectivity index (χ2v) is 4.97. The Hall–Kier alpha value is 0.310. The van der Waals surface area contributed by atoms with Crippen molar-refractivity contribution in [3.63, 3.8) is 0 Å². The Morgan fingerprint density at radius 1 is 1.33 bits per heavy atom. The summed E-state index contributed by atoms with van der Waals surface area (Å²) < 4.78 is 0. The van der Waals surface area contributed by atoms with Gasteiger partial charge in [0.15, 0.2) is 0 Å². The zero-order chi connectivity index (χ0) is 9.40. The predicted octanol–water partition coefficient (Wildman–Crippen LogP) is 2.91. The molecule has 1 nitrogen and oxygen atoms in total. The summed E-state index contributed by atoms with van der Waals surface area (Å²) in [6, 6.07) is 0.683. The molecule has 0 saturated carbocycles. The molecule has 0 rings (SSSR count). The normalized spacial score (nSPS) is 16.0. The van der Waals surface area contributed by atoms with Crippen LogP contribution in [0.2, 0.25) is 0 Å². The van der Waals surface area contributed by atoms with Crippen LogP contribution in [0.25, 0.3) is 0 Å². The lowest BCUT2D eigenvalue weighted by Crippen LogP contribution is -2.20. The van der Waals surface area contributed by atoms with Crippen molar-refractivity contribution in [2.45, 2.75) is 51.3 Å². The molecule has 0 aromatic heterocycles. The van der Waals surface area contributed by atoms with Gasteiger partial charge in [-0.05, 0) is 39.0 Å². The summed E-state index contributed by atoms with van der Waals surface area (Å²) in [5, 5.41) is 4.10. The molecule has 0 heterocycles. The SMILES string of the molecule is CCC(C)SCCCC(C)NC. The lowest BCUT2D eigenvalue weighted by Gasteiger charge is -2.11. The van der Waals surface area contributed by atoms with Crippen LogP contribution in [0, 0.1) is 0 Å². The van der Waals surface area contributed by atoms with E-state index in [2.05, 4.69) is 37.8 Å². The van der Waals surface area contributed by atoms with E-state index in [0.29, 0.717) is 6.04 Å². The molecule has 12 heavy (non-hydrogen) atoms. The molecule has 0 aliphatic carbocycles. The highest BCUT2D eigenvalue weighted by Gasteiger charge is 2.00. The standard InChI is InChI=1S/C10H23NS/c1-5-10(3)12-8-6-7-9(2)11-4/h9-11H,5-8H2,1-4H3. The van der Waals surface area contributed by atoms with E-state index in [9.17, 15) is 0 Å². The molecule has 2 unspecified atom stereocenters. The Bertz CT molecular complexity index is 83.8. The Kier molecular flexibility index (Phi) is 8.14. The van der Waals surface area contributed by atoms with Crippen LogP contribution in [-0.2, 0) is 0 Å². The summed E-state index contributed by atoms with van der Waals surface area (Å²) in [4.78, 5) is 0. The molecule has 2 atom stereocenters. The van der Waals surface area contributed by atoms with Gasteiger partial charge in [0.2, 0.25) is 0 Å². The van der Waals surface area contributed by atoms with Crippen LogP contribution >= 0.6 is 11.8 Å². The lowest BCUT2D eigenvalue weighted by atomic mass is 10.2.